The number of nitrogens with one attached hydrogen (secondary N) is 1. The highest BCUT2D eigenvalue weighted by Gasteiger charge is 2.24. The van der Waals surface area contributed by atoms with E-state index in [1.807, 2.05) is 24.3 Å². The zero-order valence-corrected chi connectivity index (χ0v) is 19.2. The molecule has 1 aliphatic heterocycles. The maximum Gasteiger partial charge on any atom is 0.180 e. The molecular formula is C24H23Cl2NO5. The van der Waals surface area contributed by atoms with E-state index < -0.39 is 6.10 Å². The topological polar surface area (TPSA) is 69.2 Å². The van der Waals surface area contributed by atoms with Gasteiger partial charge >= 0.3 is 0 Å². The molecule has 0 aromatic heterocycles. The molecular weight excluding hydrogens is 453 g/mol. The first-order chi connectivity index (χ1) is 15.5. The molecule has 4 rings (SSSR count). The number of aliphatic hydroxyl groups is 1. The molecule has 0 saturated carbocycles. The Morgan fingerprint density at radius 2 is 1.78 bits per heavy atom. The Balaban J connectivity index is 1.63. The van der Waals surface area contributed by atoms with E-state index in [4.69, 9.17) is 42.1 Å². The first kappa shape index (κ1) is 22.4. The molecule has 0 spiro atoms. The first-order valence-corrected chi connectivity index (χ1v) is 10.8. The standard InChI is InChI=1S/C24H23Cl2NO5/c1-29-16-5-3-14(21(12-16)30-2)13-27-19-7-4-15(25)11-18(19)23(28)17-6-8-20-24(22(17)26)32-10-9-31-20/h3-8,11-12,23,27-28H,9-10,13H2,1-2H3. The number of ether oxygens (including phenoxy) is 4. The van der Waals surface area contributed by atoms with E-state index >= 15 is 0 Å². The van der Waals surface area contributed by atoms with Gasteiger partial charge in [0.2, 0.25) is 0 Å². The normalized spacial score (nSPS) is 13.4. The highest BCUT2D eigenvalue weighted by molar-refractivity contribution is 6.33. The smallest absolute Gasteiger partial charge is 0.180 e. The summed E-state index contributed by atoms with van der Waals surface area (Å²) in [6.07, 6.45) is -1.03. The van der Waals surface area contributed by atoms with Crippen molar-refractivity contribution in [3.05, 3.63) is 75.3 Å². The SMILES string of the molecule is COc1ccc(CNc2ccc(Cl)cc2C(O)c2ccc3c(c2Cl)OCCO3)c(OC)c1. The molecule has 0 aliphatic carbocycles. The van der Waals surface area contributed by atoms with Crippen molar-refractivity contribution in [2.75, 3.05) is 32.8 Å². The van der Waals surface area contributed by atoms with Gasteiger partial charge in [-0.25, -0.2) is 0 Å². The number of anilines is 1. The Bertz CT molecular complexity index is 1120. The van der Waals surface area contributed by atoms with Gasteiger partial charge in [-0.3, -0.25) is 0 Å². The van der Waals surface area contributed by atoms with Crippen molar-refractivity contribution in [1.82, 2.24) is 0 Å². The predicted octanol–water partition coefficient (Wildman–Crippen LogP) is 5.48. The van der Waals surface area contributed by atoms with E-state index in [9.17, 15) is 5.11 Å². The van der Waals surface area contributed by atoms with Crippen LogP contribution >= 0.6 is 23.2 Å². The minimum Gasteiger partial charge on any atom is -0.497 e. The monoisotopic (exact) mass is 475 g/mol. The van der Waals surface area contributed by atoms with Gasteiger partial charge in [0.15, 0.2) is 11.5 Å². The van der Waals surface area contributed by atoms with Gasteiger partial charge in [0, 0.05) is 40.0 Å². The zero-order chi connectivity index (χ0) is 22.7. The molecule has 0 saturated heterocycles. The van der Waals surface area contributed by atoms with Crippen molar-refractivity contribution in [3.8, 4) is 23.0 Å². The number of hydrogen-bond donors (Lipinski definition) is 2. The second kappa shape index (κ2) is 9.77. The number of halogens is 2. The van der Waals surface area contributed by atoms with Gasteiger partial charge in [-0.1, -0.05) is 29.3 Å². The number of fused-ring (bicyclic) bond motifs is 1. The van der Waals surface area contributed by atoms with E-state index in [-0.39, 0.29) is 0 Å². The molecule has 8 heteroatoms. The highest BCUT2D eigenvalue weighted by Crippen LogP contribution is 2.44. The largest absolute Gasteiger partial charge is 0.497 e. The Kier molecular flexibility index (Phi) is 6.84. The van der Waals surface area contributed by atoms with Crippen molar-refractivity contribution in [1.29, 1.82) is 0 Å². The summed E-state index contributed by atoms with van der Waals surface area (Å²) in [5.74, 6) is 2.41. The molecule has 1 atom stereocenters. The van der Waals surface area contributed by atoms with Gasteiger partial charge < -0.3 is 29.4 Å². The molecule has 0 fully saturated rings. The molecule has 3 aromatic carbocycles. The third-order valence-corrected chi connectivity index (χ3v) is 5.87. The van der Waals surface area contributed by atoms with Gasteiger partial charge in [-0.15, -0.1) is 0 Å². The summed E-state index contributed by atoms with van der Waals surface area (Å²) in [5, 5.41) is 15.4. The molecule has 0 radical (unpaired) electrons. The summed E-state index contributed by atoms with van der Waals surface area (Å²) in [4.78, 5) is 0. The lowest BCUT2D eigenvalue weighted by Gasteiger charge is -2.23. The average Bonchev–Trinajstić information content (AvgIpc) is 2.83. The molecule has 1 unspecified atom stereocenters. The van der Waals surface area contributed by atoms with Crippen LogP contribution in [0, 0.1) is 0 Å². The van der Waals surface area contributed by atoms with E-state index in [1.165, 1.54) is 0 Å². The Labute approximate surface area is 196 Å². The van der Waals surface area contributed by atoms with Crippen LogP contribution in [0.2, 0.25) is 10.0 Å². The van der Waals surface area contributed by atoms with Crippen LogP contribution in [-0.4, -0.2) is 32.5 Å². The van der Waals surface area contributed by atoms with Gasteiger partial charge in [-0.05, 0) is 36.4 Å². The van der Waals surface area contributed by atoms with E-state index in [0.717, 1.165) is 5.56 Å². The summed E-state index contributed by atoms with van der Waals surface area (Å²) in [6, 6.07) is 14.4. The average molecular weight is 476 g/mol. The van der Waals surface area contributed by atoms with Crippen molar-refractivity contribution in [2.24, 2.45) is 0 Å². The third-order valence-electron chi connectivity index (χ3n) is 5.24. The van der Waals surface area contributed by atoms with Gasteiger partial charge in [-0.2, -0.15) is 0 Å². The van der Waals surface area contributed by atoms with Crippen LogP contribution in [0.3, 0.4) is 0 Å². The lowest BCUT2D eigenvalue weighted by molar-refractivity contribution is 0.170. The summed E-state index contributed by atoms with van der Waals surface area (Å²) in [7, 11) is 3.22. The Hall–Kier alpha value is -2.80. The van der Waals surface area contributed by atoms with E-state index in [1.54, 1.807) is 38.5 Å². The number of aliphatic hydroxyl groups excluding tert-OH is 1. The molecule has 6 nitrogen and oxygen atoms in total. The minimum atomic E-state index is -1.03. The van der Waals surface area contributed by atoms with Crippen LogP contribution in [0.5, 0.6) is 23.0 Å². The fourth-order valence-corrected chi connectivity index (χ4v) is 4.08. The minimum absolute atomic E-state index is 0.317. The van der Waals surface area contributed by atoms with Gasteiger partial charge in [0.05, 0.1) is 19.2 Å². The maximum absolute atomic E-state index is 11.2. The molecule has 1 heterocycles. The van der Waals surface area contributed by atoms with Crippen LogP contribution in [0.1, 0.15) is 22.8 Å². The van der Waals surface area contributed by atoms with Gasteiger partial charge in [0.1, 0.15) is 30.8 Å². The summed E-state index contributed by atoms with van der Waals surface area (Å²) in [5.41, 5.74) is 2.73. The number of benzene rings is 3. The number of rotatable bonds is 7. The molecule has 168 valence electrons. The Morgan fingerprint density at radius 1 is 0.969 bits per heavy atom. The summed E-state index contributed by atoms with van der Waals surface area (Å²) < 4.78 is 22.0. The van der Waals surface area contributed by atoms with Crippen molar-refractivity contribution >= 4 is 28.9 Å². The molecule has 32 heavy (non-hydrogen) atoms. The Morgan fingerprint density at radius 3 is 2.56 bits per heavy atom. The van der Waals surface area contributed by atoms with Crippen molar-refractivity contribution < 1.29 is 24.1 Å². The second-order valence-electron chi connectivity index (χ2n) is 7.16. The van der Waals surface area contributed by atoms with Gasteiger partial charge in [0.25, 0.3) is 0 Å². The number of hydrogen-bond acceptors (Lipinski definition) is 6. The van der Waals surface area contributed by atoms with E-state index in [2.05, 4.69) is 5.32 Å². The maximum atomic E-state index is 11.2. The summed E-state index contributed by atoms with van der Waals surface area (Å²) >= 11 is 12.8. The van der Waals surface area contributed by atoms with Crippen LogP contribution < -0.4 is 24.3 Å². The summed E-state index contributed by atoms with van der Waals surface area (Å²) in [6.45, 7) is 1.33. The number of methoxy groups -OCH3 is 2. The van der Waals surface area contributed by atoms with Crippen LogP contribution in [0.25, 0.3) is 0 Å². The quantitative estimate of drug-likeness (QED) is 0.471. The van der Waals surface area contributed by atoms with Crippen LogP contribution in [-0.2, 0) is 6.54 Å². The molecule has 2 N–H and O–H groups in total. The molecule has 0 bridgehead atoms. The third kappa shape index (κ3) is 4.53. The zero-order valence-electron chi connectivity index (χ0n) is 17.7. The van der Waals surface area contributed by atoms with Crippen LogP contribution in [0.4, 0.5) is 5.69 Å². The molecule has 0 amide bonds. The fourth-order valence-electron chi connectivity index (χ4n) is 3.58. The lowest BCUT2D eigenvalue weighted by atomic mass is 9.99. The first-order valence-electron chi connectivity index (χ1n) is 10.0. The fraction of sp³-hybridized carbons (Fsp3) is 0.250. The predicted molar refractivity (Wildman–Crippen MR) is 125 cm³/mol. The van der Waals surface area contributed by atoms with E-state index in [0.29, 0.717) is 69.6 Å². The van der Waals surface area contributed by atoms with Crippen molar-refractivity contribution in [2.45, 2.75) is 12.6 Å². The lowest BCUT2D eigenvalue weighted by Crippen LogP contribution is -2.16. The second-order valence-corrected chi connectivity index (χ2v) is 7.97. The van der Waals surface area contributed by atoms with Crippen LogP contribution in [0.15, 0.2) is 48.5 Å². The molecule has 1 aliphatic rings. The molecule has 3 aromatic rings. The van der Waals surface area contributed by atoms with Crippen molar-refractivity contribution in [3.63, 3.8) is 0 Å². The highest BCUT2D eigenvalue weighted by atomic mass is 35.5.